The SMILES string of the molecule is CS(=O)(=O)C1CSCCN1C(=O)c1ccc(N)c(O)c1. The molecule has 8 heteroatoms. The van der Waals surface area contributed by atoms with Crippen molar-refractivity contribution in [2.45, 2.75) is 5.37 Å². The van der Waals surface area contributed by atoms with Crippen LogP contribution in [0.3, 0.4) is 0 Å². The molecule has 1 atom stereocenters. The van der Waals surface area contributed by atoms with Crippen LogP contribution in [0.2, 0.25) is 0 Å². The molecule has 1 amide bonds. The van der Waals surface area contributed by atoms with Gasteiger partial charge in [0.1, 0.15) is 11.1 Å². The monoisotopic (exact) mass is 316 g/mol. The molecule has 1 saturated heterocycles. The first-order valence-electron chi connectivity index (χ1n) is 5.97. The first-order valence-corrected chi connectivity index (χ1v) is 9.07. The van der Waals surface area contributed by atoms with Crippen molar-refractivity contribution in [2.75, 3.05) is 30.0 Å². The lowest BCUT2D eigenvalue weighted by atomic mass is 10.1. The minimum absolute atomic E-state index is 0.176. The standard InChI is InChI=1S/C12H16N2O4S2/c1-20(17,18)11-7-19-5-4-14(11)12(16)8-2-3-9(13)10(15)6-8/h2-3,6,11,15H,4-5,7,13H2,1H3. The molecule has 1 aliphatic heterocycles. The summed E-state index contributed by atoms with van der Waals surface area (Å²) < 4.78 is 23.6. The number of thioether (sulfide) groups is 1. The summed E-state index contributed by atoms with van der Waals surface area (Å²) in [7, 11) is -3.35. The number of benzene rings is 1. The zero-order valence-electron chi connectivity index (χ0n) is 10.9. The lowest BCUT2D eigenvalue weighted by molar-refractivity contribution is 0.0749. The third-order valence-corrected chi connectivity index (χ3v) is 5.76. The molecule has 6 nitrogen and oxygen atoms in total. The molecule has 0 aromatic heterocycles. The predicted octanol–water partition coefficient (Wildman–Crippen LogP) is 0.534. The van der Waals surface area contributed by atoms with Gasteiger partial charge in [-0.05, 0) is 18.2 Å². The fourth-order valence-corrected chi connectivity index (χ4v) is 4.83. The quantitative estimate of drug-likeness (QED) is 0.610. The summed E-state index contributed by atoms with van der Waals surface area (Å²) >= 11 is 1.51. The highest BCUT2D eigenvalue weighted by Gasteiger charge is 2.34. The summed E-state index contributed by atoms with van der Waals surface area (Å²) in [6.07, 6.45) is 1.13. The van der Waals surface area contributed by atoms with Crippen molar-refractivity contribution in [2.24, 2.45) is 0 Å². The van der Waals surface area contributed by atoms with Crippen LogP contribution in [0, 0.1) is 0 Å². The van der Waals surface area contributed by atoms with E-state index >= 15 is 0 Å². The Bertz CT molecular complexity index is 630. The van der Waals surface area contributed by atoms with E-state index in [-0.39, 0.29) is 17.0 Å². The van der Waals surface area contributed by atoms with E-state index in [0.717, 1.165) is 6.26 Å². The first-order chi connectivity index (χ1) is 9.30. The number of rotatable bonds is 2. The molecule has 1 fully saturated rings. The van der Waals surface area contributed by atoms with Crippen molar-refractivity contribution in [1.82, 2.24) is 4.90 Å². The van der Waals surface area contributed by atoms with E-state index in [1.54, 1.807) is 0 Å². The molecule has 3 N–H and O–H groups in total. The van der Waals surface area contributed by atoms with Gasteiger partial charge in [-0.3, -0.25) is 4.79 Å². The Balaban J connectivity index is 2.32. The zero-order chi connectivity index (χ0) is 14.9. The van der Waals surface area contributed by atoms with Crippen molar-refractivity contribution in [1.29, 1.82) is 0 Å². The molecule has 1 heterocycles. The number of nitrogen functional groups attached to an aromatic ring is 1. The highest BCUT2D eigenvalue weighted by Crippen LogP contribution is 2.25. The van der Waals surface area contributed by atoms with E-state index < -0.39 is 21.1 Å². The average molecular weight is 316 g/mol. The molecule has 2 rings (SSSR count). The smallest absolute Gasteiger partial charge is 0.255 e. The van der Waals surface area contributed by atoms with E-state index in [2.05, 4.69) is 0 Å². The molecule has 0 spiro atoms. The number of nitrogens with two attached hydrogens (primary N) is 1. The minimum Gasteiger partial charge on any atom is -0.506 e. The number of hydrogen-bond donors (Lipinski definition) is 2. The normalized spacial score (nSPS) is 19.9. The Labute approximate surface area is 121 Å². The van der Waals surface area contributed by atoms with Crippen LogP contribution in [0.5, 0.6) is 5.75 Å². The van der Waals surface area contributed by atoms with E-state index in [4.69, 9.17) is 5.73 Å². The number of hydrogen-bond acceptors (Lipinski definition) is 6. The fourth-order valence-electron chi connectivity index (χ4n) is 2.01. The second-order valence-corrected chi connectivity index (χ2v) is 7.98. The summed E-state index contributed by atoms with van der Waals surface area (Å²) in [4.78, 5) is 13.8. The highest BCUT2D eigenvalue weighted by molar-refractivity contribution is 8.00. The molecular formula is C12H16N2O4S2. The van der Waals surface area contributed by atoms with Gasteiger partial charge in [0.25, 0.3) is 5.91 Å². The van der Waals surface area contributed by atoms with Gasteiger partial charge in [0.15, 0.2) is 9.84 Å². The summed E-state index contributed by atoms with van der Waals surface area (Å²) in [5, 5.41) is 8.73. The van der Waals surface area contributed by atoms with E-state index in [9.17, 15) is 18.3 Å². The van der Waals surface area contributed by atoms with Gasteiger partial charge in [-0.25, -0.2) is 8.42 Å². The molecule has 0 radical (unpaired) electrons. The molecule has 1 aromatic rings. The van der Waals surface area contributed by atoms with Crippen LogP contribution in [-0.2, 0) is 9.84 Å². The zero-order valence-corrected chi connectivity index (χ0v) is 12.6. The number of phenolic OH excluding ortho intramolecular Hbond substituents is 1. The van der Waals surface area contributed by atoms with Crippen LogP contribution < -0.4 is 5.73 Å². The molecule has 1 aliphatic rings. The van der Waals surface area contributed by atoms with Crippen LogP contribution >= 0.6 is 11.8 Å². The largest absolute Gasteiger partial charge is 0.506 e. The average Bonchev–Trinajstić information content (AvgIpc) is 2.40. The molecule has 0 saturated carbocycles. The summed E-state index contributed by atoms with van der Waals surface area (Å²) in [6, 6.07) is 4.17. The number of nitrogens with zero attached hydrogens (tertiary/aromatic N) is 1. The molecule has 0 bridgehead atoms. The van der Waals surface area contributed by atoms with Crippen LogP contribution in [0.1, 0.15) is 10.4 Å². The van der Waals surface area contributed by atoms with Crippen LogP contribution in [0.25, 0.3) is 0 Å². The number of carbonyl (C=O) groups is 1. The Morgan fingerprint density at radius 2 is 2.20 bits per heavy atom. The van der Waals surface area contributed by atoms with Crippen LogP contribution in [-0.4, -0.2) is 54.0 Å². The van der Waals surface area contributed by atoms with Crippen molar-refractivity contribution in [3.63, 3.8) is 0 Å². The van der Waals surface area contributed by atoms with Crippen molar-refractivity contribution < 1.29 is 18.3 Å². The van der Waals surface area contributed by atoms with Crippen LogP contribution in [0.15, 0.2) is 18.2 Å². The first kappa shape index (κ1) is 15.0. The van der Waals surface area contributed by atoms with Gasteiger partial charge in [-0.15, -0.1) is 0 Å². The van der Waals surface area contributed by atoms with Gasteiger partial charge >= 0.3 is 0 Å². The summed E-state index contributed by atoms with van der Waals surface area (Å²) in [5.74, 6) is 0.471. The summed E-state index contributed by atoms with van der Waals surface area (Å²) in [5.41, 5.74) is 5.90. The predicted molar refractivity (Wildman–Crippen MR) is 79.5 cm³/mol. The van der Waals surface area contributed by atoms with Gasteiger partial charge in [-0.1, -0.05) is 0 Å². The molecule has 20 heavy (non-hydrogen) atoms. The van der Waals surface area contributed by atoms with E-state index in [0.29, 0.717) is 18.1 Å². The molecule has 0 aliphatic carbocycles. The number of phenols is 1. The van der Waals surface area contributed by atoms with E-state index in [1.807, 2.05) is 0 Å². The van der Waals surface area contributed by atoms with Gasteiger partial charge in [0, 0.05) is 29.9 Å². The Morgan fingerprint density at radius 3 is 2.80 bits per heavy atom. The Morgan fingerprint density at radius 1 is 1.50 bits per heavy atom. The number of anilines is 1. The second kappa shape index (κ2) is 5.53. The van der Waals surface area contributed by atoms with Crippen molar-refractivity contribution >= 4 is 33.2 Å². The lowest BCUT2D eigenvalue weighted by Gasteiger charge is -2.34. The molecule has 1 aromatic carbocycles. The van der Waals surface area contributed by atoms with Gasteiger partial charge in [0.2, 0.25) is 0 Å². The Kier molecular flexibility index (Phi) is 4.14. The maximum Gasteiger partial charge on any atom is 0.255 e. The maximum atomic E-state index is 12.4. The second-order valence-electron chi connectivity index (χ2n) is 4.63. The van der Waals surface area contributed by atoms with Gasteiger partial charge in [0.05, 0.1) is 5.69 Å². The third kappa shape index (κ3) is 3.01. The number of sulfone groups is 1. The molecular weight excluding hydrogens is 300 g/mol. The number of carbonyl (C=O) groups excluding carboxylic acids is 1. The van der Waals surface area contributed by atoms with Crippen molar-refractivity contribution in [3.8, 4) is 5.75 Å². The van der Waals surface area contributed by atoms with E-state index in [1.165, 1.54) is 34.9 Å². The lowest BCUT2D eigenvalue weighted by Crippen LogP contribution is -2.49. The fraction of sp³-hybridized carbons (Fsp3) is 0.417. The maximum absolute atomic E-state index is 12.4. The number of amides is 1. The van der Waals surface area contributed by atoms with Crippen molar-refractivity contribution in [3.05, 3.63) is 23.8 Å². The topological polar surface area (TPSA) is 101 Å². The molecule has 1 unspecified atom stereocenters. The Hall–Kier alpha value is -1.41. The van der Waals surface area contributed by atoms with Crippen LogP contribution in [0.4, 0.5) is 5.69 Å². The molecule has 110 valence electrons. The highest BCUT2D eigenvalue weighted by atomic mass is 32.2. The third-order valence-electron chi connectivity index (χ3n) is 3.12. The number of aromatic hydroxyl groups is 1. The van der Waals surface area contributed by atoms with Gasteiger partial charge < -0.3 is 15.7 Å². The van der Waals surface area contributed by atoms with Gasteiger partial charge in [-0.2, -0.15) is 11.8 Å². The minimum atomic E-state index is -3.35. The summed E-state index contributed by atoms with van der Waals surface area (Å²) in [6.45, 7) is 0.367.